The maximum Gasteiger partial charge on any atom is 0.340 e. The van der Waals surface area contributed by atoms with Crippen LogP contribution in [0.2, 0.25) is 0 Å². The van der Waals surface area contributed by atoms with E-state index in [1.807, 2.05) is 57.4 Å². The van der Waals surface area contributed by atoms with Gasteiger partial charge in [-0.25, -0.2) is 4.79 Å². The van der Waals surface area contributed by atoms with Gasteiger partial charge in [-0.3, -0.25) is 4.79 Å². The summed E-state index contributed by atoms with van der Waals surface area (Å²) in [5.74, 6) is 0.684. The normalized spacial score (nSPS) is 13.8. The zero-order chi connectivity index (χ0) is 21.8. The fourth-order valence-electron chi connectivity index (χ4n) is 3.81. The second-order valence-electron chi connectivity index (χ2n) is 7.80. The lowest BCUT2D eigenvalue weighted by molar-refractivity contribution is -0.125. The molecule has 0 radical (unpaired) electrons. The first-order chi connectivity index (χ1) is 14.3. The van der Waals surface area contributed by atoms with E-state index in [1.165, 1.54) is 0 Å². The van der Waals surface area contributed by atoms with E-state index >= 15 is 0 Å². The molecule has 0 unspecified atom stereocenters. The predicted molar refractivity (Wildman–Crippen MR) is 113 cm³/mol. The first kappa shape index (κ1) is 21.7. The van der Waals surface area contributed by atoms with Crippen molar-refractivity contribution >= 4 is 11.9 Å². The highest BCUT2D eigenvalue weighted by atomic mass is 16.6. The van der Waals surface area contributed by atoms with Gasteiger partial charge < -0.3 is 24.1 Å². The highest BCUT2D eigenvalue weighted by molar-refractivity contribution is 5.92. The van der Waals surface area contributed by atoms with E-state index in [2.05, 4.69) is 5.32 Å². The zero-order valence-electron chi connectivity index (χ0n) is 18.3. The molecule has 7 heteroatoms. The smallest absolute Gasteiger partial charge is 0.340 e. The number of hydrogen-bond acceptors (Lipinski definition) is 5. The lowest BCUT2D eigenvalue weighted by Gasteiger charge is -2.25. The third kappa shape index (κ3) is 4.61. The number of esters is 1. The van der Waals surface area contributed by atoms with Crippen LogP contribution in [0.15, 0.2) is 24.3 Å². The molecule has 162 valence electrons. The Morgan fingerprint density at radius 1 is 1.13 bits per heavy atom. The van der Waals surface area contributed by atoms with Crippen molar-refractivity contribution in [3.05, 3.63) is 46.8 Å². The van der Waals surface area contributed by atoms with Crippen LogP contribution >= 0.6 is 0 Å². The van der Waals surface area contributed by atoms with Gasteiger partial charge in [-0.2, -0.15) is 0 Å². The van der Waals surface area contributed by atoms with Crippen LogP contribution in [0.25, 0.3) is 0 Å². The SMILES string of the molecule is CCn1c(C)cc(C(=O)OCC(=O)N[C@H](c2ccc3c(c2)OCCO3)C(C)C)c1C. The van der Waals surface area contributed by atoms with Crippen LogP contribution in [0.5, 0.6) is 11.5 Å². The minimum atomic E-state index is -0.488. The molecule has 1 aromatic carbocycles. The van der Waals surface area contributed by atoms with Gasteiger partial charge in [0.2, 0.25) is 0 Å². The number of fused-ring (bicyclic) bond motifs is 1. The van der Waals surface area contributed by atoms with Crippen molar-refractivity contribution in [1.29, 1.82) is 0 Å². The number of carbonyl (C=O) groups excluding carboxylic acids is 2. The zero-order valence-corrected chi connectivity index (χ0v) is 18.3. The molecule has 0 bridgehead atoms. The Hall–Kier alpha value is -2.96. The number of nitrogens with one attached hydrogen (secondary N) is 1. The number of rotatable bonds is 7. The Kier molecular flexibility index (Phi) is 6.70. The quantitative estimate of drug-likeness (QED) is 0.701. The lowest BCUT2D eigenvalue weighted by Crippen LogP contribution is -2.35. The van der Waals surface area contributed by atoms with E-state index in [-0.39, 0.29) is 24.5 Å². The van der Waals surface area contributed by atoms with Crippen LogP contribution in [-0.4, -0.2) is 36.3 Å². The Labute approximate surface area is 177 Å². The lowest BCUT2D eigenvalue weighted by atomic mass is 9.95. The number of benzene rings is 1. The Morgan fingerprint density at radius 3 is 2.47 bits per heavy atom. The minimum absolute atomic E-state index is 0.135. The summed E-state index contributed by atoms with van der Waals surface area (Å²) in [5.41, 5.74) is 3.25. The molecule has 0 saturated carbocycles. The summed E-state index contributed by atoms with van der Waals surface area (Å²) in [6.07, 6.45) is 0. The molecular formula is C23H30N2O5. The fourth-order valence-corrected chi connectivity index (χ4v) is 3.81. The highest BCUT2D eigenvalue weighted by Crippen LogP contribution is 2.34. The second kappa shape index (κ2) is 9.24. The average molecular weight is 415 g/mol. The fraction of sp³-hybridized carbons (Fsp3) is 0.478. The first-order valence-corrected chi connectivity index (χ1v) is 10.3. The summed E-state index contributed by atoms with van der Waals surface area (Å²) >= 11 is 0. The largest absolute Gasteiger partial charge is 0.486 e. The molecule has 3 rings (SSSR count). The van der Waals surface area contributed by atoms with Gasteiger partial charge in [0.1, 0.15) is 13.2 Å². The number of ether oxygens (including phenoxy) is 3. The third-order valence-corrected chi connectivity index (χ3v) is 5.35. The van der Waals surface area contributed by atoms with Gasteiger partial charge in [-0.15, -0.1) is 0 Å². The van der Waals surface area contributed by atoms with Crippen LogP contribution in [-0.2, 0) is 16.1 Å². The molecule has 1 aromatic heterocycles. The molecule has 0 fully saturated rings. The van der Waals surface area contributed by atoms with Gasteiger partial charge in [0.15, 0.2) is 18.1 Å². The molecule has 1 N–H and O–H groups in total. The first-order valence-electron chi connectivity index (χ1n) is 10.3. The molecular weight excluding hydrogens is 384 g/mol. The molecule has 0 spiro atoms. The minimum Gasteiger partial charge on any atom is -0.486 e. The van der Waals surface area contributed by atoms with E-state index < -0.39 is 5.97 Å². The van der Waals surface area contributed by atoms with E-state index in [4.69, 9.17) is 14.2 Å². The predicted octanol–water partition coefficient (Wildman–Crippen LogP) is 3.57. The average Bonchev–Trinajstić information content (AvgIpc) is 3.02. The van der Waals surface area contributed by atoms with E-state index in [1.54, 1.807) is 6.07 Å². The summed E-state index contributed by atoms with van der Waals surface area (Å²) in [4.78, 5) is 25.0. The van der Waals surface area contributed by atoms with Crippen LogP contribution in [0.3, 0.4) is 0 Å². The number of carbonyl (C=O) groups is 2. The van der Waals surface area contributed by atoms with Crippen molar-refractivity contribution in [2.75, 3.05) is 19.8 Å². The Balaban J connectivity index is 1.64. The number of nitrogens with zero attached hydrogens (tertiary/aromatic N) is 1. The van der Waals surface area contributed by atoms with E-state index in [0.29, 0.717) is 30.3 Å². The maximum atomic E-state index is 12.5. The maximum absolute atomic E-state index is 12.5. The molecule has 30 heavy (non-hydrogen) atoms. The number of amides is 1. The van der Waals surface area contributed by atoms with Gasteiger partial charge in [0.25, 0.3) is 5.91 Å². The van der Waals surface area contributed by atoms with E-state index in [9.17, 15) is 9.59 Å². The molecule has 0 aliphatic carbocycles. The monoisotopic (exact) mass is 414 g/mol. The van der Waals surface area contributed by atoms with Crippen molar-refractivity contribution in [3.8, 4) is 11.5 Å². The topological polar surface area (TPSA) is 78.8 Å². The molecule has 7 nitrogen and oxygen atoms in total. The molecule has 1 aliphatic heterocycles. The van der Waals surface area contributed by atoms with Crippen LogP contribution < -0.4 is 14.8 Å². The number of hydrogen-bond donors (Lipinski definition) is 1. The number of aryl methyl sites for hydroxylation is 1. The van der Waals surface area contributed by atoms with Crippen LogP contribution in [0, 0.1) is 19.8 Å². The van der Waals surface area contributed by atoms with Crippen molar-refractivity contribution < 1.29 is 23.8 Å². The third-order valence-electron chi connectivity index (χ3n) is 5.35. The van der Waals surface area contributed by atoms with E-state index in [0.717, 1.165) is 23.5 Å². The summed E-state index contributed by atoms with van der Waals surface area (Å²) in [6, 6.07) is 7.23. The van der Waals surface area contributed by atoms with Crippen molar-refractivity contribution in [1.82, 2.24) is 9.88 Å². The molecule has 1 atom stereocenters. The molecule has 2 aromatic rings. The van der Waals surface area contributed by atoms with Gasteiger partial charge in [-0.05, 0) is 50.5 Å². The summed E-state index contributed by atoms with van der Waals surface area (Å²) in [7, 11) is 0. The standard InChI is InChI=1S/C23H30N2O5/c1-6-25-15(4)11-18(16(25)5)23(27)30-13-21(26)24-22(14(2)3)17-7-8-19-20(12-17)29-10-9-28-19/h7-8,11-12,14,22H,6,9-10,13H2,1-5H3,(H,24,26)/t22-/m0/s1. The Bertz CT molecular complexity index is 932. The van der Waals surface area contributed by atoms with Crippen LogP contribution in [0.4, 0.5) is 0 Å². The second-order valence-corrected chi connectivity index (χ2v) is 7.80. The van der Waals surface area contributed by atoms with Crippen molar-refractivity contribution in [2.45, 2.75) is 47.2 Å². The van der Waals surface area contributed by atoms with Crippen molar-refractivity contribution in [3.63, 3.8) is 0 Å². The molecule has 2 heterocycles. The summed E-state index contributed by atoms with van der Waals surface area (Å²) in [5, 5.41) is 2.97. The number of aromatic nitrogens is 1. The summed E-state index contributed by atoms with van der Waals surface area (Å²) in [6.45, 7) is 11.4. The van der Waals surface area contributed by atoms with Gasteiger partial charge in [-0.1, -0.05) is 19.9 Å². The van der Waals surface area contributed by atoms with Crippen LogP contribution in [0.1, 0.15) is 54.1 Å². The van der Waals surface area contributed by atoms with Gasteiger partial charge in [0.05, 0.1) is 11.6 Å². The Morgan fingerprint density at radius 2 is 1.83 bits per heavy atom. The molecule has 0 saturated heterocycles. The van der Waals surface area contributed by atoms with Gasteiger partial charge in [0, 0.05) is 17.9 Å². The molecule has 1 amide bonds. The molecule has 1 aliphatic rings. The summed E-state index contributed by atoms with van der Waals surface area (Å²) < 4.78 is 18.5. The van der Waals surface area contributed by atoms with Crippen molar-refractivity contribution in [2.24, 2.45) is 5.92 Å². The van der Waals surface area contributed by atoms with Gasteiger partial charge >= 0.3 is 5.97 Å². The highest BCUT2D eigenvalue weighted by Gasteiger charge is 2.23.